The monoisotopic (exact) mass is 248 g/mol. The summed E-state index contributed by atoms with van der Waals surface area (Å²) >= 11 is 0. The molecule has 0 aliphatic heterocycles. The lowest BCUT2D eigenvalue weighted by Gasteiger charge is -2.04. The first-order valence-electron chi connectivity index (χ1n) is 4.19. The molecule has 1 atom stereocenters. The lowest BCUT2D eigenvalue weighted by molar-refractivity contribution is -0.138. The van der Waals surface area contributed by atoms with Crippen molar-refractivity contribution in [3.05, 3.63) is 35.9 Å². The van der Waals surface area contributed by atoms with Gasteiger partial charge in [-0.2, -0.15) is 8.42 Å². The molecule has 0 aliphatic carbocycles. The van der Waals surface area contributed by atoms with E-state index in [1.807, 2.05) is 30.3 Å². The highest BCUT2D eigenvalue weighted by Crippen LogP contribution is 2.13. The summed E-state index contributed by atoms with van der Waals surface area (Å²) in [6, 6.07) is 9.19. The van der Waals surface area contributed by atoms with Gasteiger partial charge in [0.15, 0.2) is 0 Å². The fraction of sp³-hybridized carbons (Fsp3) is 0.222. The molecule has 7 heteroatoms. The minimum Gasteiger partial charge on any atom is -0.481 e. The van der Waals surface area contributed by atoms with Crippen LogP contribution in [0.3, 0.4) is 0 Å². The second kappa shape index (κ2) is 6.21. The van der Waals surface area contributed by atoms with E-state index in [1.165, 1.54) is 0 Å². The summed E-state index contributed by atoms with van der Waals surface area (Å²) in [7, 11) is -4.67. The summed E-state index contributed by atoms with van der Waals surface area (Å²) in [5.74, 6) is -1.19. The summed E-state index contributed by atoms with van der Waals surface area (Å²) in [4.78, 5) is 10.5. The molecule has 1 aromatic carbocycles. The van der Waals surface area contributed by atoms with Crippen LogP contribution in [0.15, 0.2) is 30.3 Å². The van der Waals surface area contributed by atoms with Gasteiger partial charge in [-0.05, 0) is 12.5 Å². The first-order chi connectivity index (χ1) is 7.22. The Bertz CT molecular complexity index is 417. The SMILES string of the molecule is CC(C(=O)O)c1ccccc1.O=S(=O)(O)O. The van der Waals surface area contributed by atoms with E-state index in [-0.39, 0.29) is 0 Å². The van der Waals surface area contributed by atoms with Crippen molar-refractivity contribution in [3.63, 3.8) is 0 Å². The zero-order valence-electron chi connectivity index (χ0n) is 8.44. The maximum atomic E-state index is 10.5. The third kappa shape index (κ3) is 7.92. The molecule has 0 spiro atoms. The maximum absolute atomic E-state index is 10.5. The molecule has 1 aromatic rings. The van der Waals surface area contributed by atoms with Gasteiger partial charge in [0.25, 0.3) is 0 Å². The number of carbonyl (C=O) groups is 1. The van der Waals surface area contributed by atoms with Crippen molar-refractivity contribution in [3.8, 4) is 0 Å². The Kier molecular flexibility index (Phi) is 5.65. The van der Waals surface area contributed by atoms with E-state index < -0.39 is 22.3 Å². The molecule has 0 radical (unpaired) electrons. The number of aliphatic carboxylic acids is 1. The molecule has 3 N–H and O–H groups in total. The second-order valence-electron chi connectivity index (χ2n) is 2.92. The minimum atomic E-state index is -4.67. The van der Waals surface area contributed by atoms with E-state index in [9.17, 15) is 4.79 Å². The molecular formula is C9H12O6S. The number of hydrogen-bond acceptors (Lipinski definition) is 3. The zero-order valence-corrected chi connectivity index (χ0v) is 9.26. The Hall–Kier alpha value is -1.44. The van der Waals surface area contributed by atoms with E-state index in [1.54, 1.807) is 6.92 Å². The van der Waals surface area contributed by atoms with E-state index >= 15 is 0 Å². The summed E-state index contributed by atoms with van der Waals surface area (Å²) in [6.07, 6.45) is 0. The Morgan fingerprint density at radius 3 is 1.88 bits per heavy atom. The Morgan fingerprint density at radius 2 is 1.56 bits per heavy atom. The van der Waals surface area contributed by atoms with Gasteiger partial charge in [0.1, 0.15) is 0 Å². The van der Waals surface area contributed by atoms with Crippen LogP contribution in [0.4, 0.5) is 0 Å². The Labute approximate surface area is 93.1 Å². The van der Waals surface area contributed by atoms with Crippen LogP contribution in [0.5, 0.6) is 0 Å². The molecular weight excluding hydrogens is 236 g/mol. The van der Waals surface area contributed by atoms with Gasteiger partial charge >= 0.3 is 16.4 Å². The third-order valence-electron chi connectivity index (χ3n) is 1.67. The van der Waals surface area contributed by atoms with Crippen LogP contribution >= 0.6 is 0 Å². The van der Waals surface area contributed by atoms with Crippen LogP contribution in [-0.4, -0.2) is 28.6 Å². The molecule has 0 amide bonds. The largest absolute Gasteiger partial charge is 0.481 e. The fourth-order valence-electron chi connectivity index (χ4n) is 0.884. The van der Waals surface area contributed by atoms with Gasteiger partial charge in [-0.15, -0.1) is 0 Å². The van der Waals surface area contributed by atoms with Crippen LogP contribution in [0.1, 0.15) is 18.4 Å². The van der Waals surface area contributed by atoms with E-state index in [2.05, 4.69) is 0 Å². The van der Waals surface area contributed by atoms with Crippen molar-refractivity contribution in [2.45, 2.75) is 12.8 Å². The van der Waals surface area contributed by atoms with Gasteiger partial charge in [0.05, 0.1) is 5.92 Å². The van der Waals surface area contributed by atoms with E-state index in [4.69, 9.17) is 22.6 Å². The lowest BCUT2D eigenvalue weighted by Crippen LogP contribution is -2.06. The molecule has 0 heterocycles. The molecule has 0 fully saturated rings. The van der Waals surface area contributed by atoms with Gasteiger partial charge in [0, 0.05) is 0 Å². The van der Waals surface area contributed by atoms with Crippen molar-refractivity contribution < 1.29 is 27.4 Å². The van der Waals surface area contributed by atoms with Crippen LogP contribution < -0.4 is 0 Å². The van der Waals surface area contributed by atoms with Gasteiger partial charge in [-0.25, -0.2) is 0 Å². The average Bonchev–Trinajstić information content (AvgIpc) is 2.15. The van der Waals surface area contributed by atoms with Gasteiger partial charge in [-0.1, -0.05) is 30.3 Å². The number of hydrogen-bond donors (Lipinski definition) is 3. The first-order valence-corrected chi connectivity index (χ1v) is 5.59. The van der Waals surface area contributed by atoms with Gasteiger partial charge in [0.2, 0.25) is 0 Å². The third-order valence-corrected chi connectivity index (χ3v) is 1.67. The van der Waals surface area contributed by atoms with Gasteiger partial charge < -0.3 is 5.11 Å². The topological polar surface area (TPSA) is 112 Å². The Balaban J connectivity index is 0.000000385. The minimum absolute atomic E-state index is 0.406. The van der Waals surface area contributed by atoms with Crippen molar-refractivity contribution in [2.24, 2.45) is 0 Å². The van der Waals surface area contributed by atoms with Crippen molar-refractivity contribution in [2.75, 3.05) is 0 Å². The zero-order chi connectivity index (χ0) is 12.8. The number of carboxylic acids is 1. The summed E-state index contributed by atoms with van der Waals surface area (Å²) in [5, 5.41) is 8.64. The number of benzene rings is 1. The molecule has 0 saturated carbocycles. The first kappa shape index (κ1) is 14.6. The molecule has 0 saturated heterocycles. The normalized spacial score (nSPS) is 12.2. The highest BCUT2D eigenvalue weighted by molar-refractivity contribution is 7.79. The number of carboxylic acid groups (broad SMARTS) is 1. The molecule has 16 heavy (non-hydrogen) atoms. The maximum Gasteiger partial charge on any atom is 0.394 e. The van der Waals surface area contributed by atoms with Crippen LogP contribution in [0.2, 0.25) is 0 Å². The predicted octanol–water partition coefficient (Wildman–Crippen LogP) is 1.22. The van der Waals surface area contributed by atoms with Crippen LogP contribution in [0.25, 0.3) is 0 Å². The van der Waals surface area contributed by atoms with E-state index in [0.29, 0.717) is 0 Å². The second-order valence-corrected chi connectivity index (χ2v) is 3.81. The molecule has 1 unspecified atom stereocenters. The van der Waals surface area contributed by atoms with Gasteiger partial charge in [-0.3, -0.25) is 13.9 Å². The fourth-order valence-corrected chi connectivity index (χ4v) is 0.884. The summed E-state index contributed by atoms with van der Waals surface area (Å²) in [6.45, 7) is 1.68. The quantitative estimate of drug-likeness (QED) is 0.678. The number of rotatable bonds is 2. The highest BCUT2D eigenvalue weighted by atomic mass is 32.3. The van der Waals surface area contributed by atoms with Crippen molar-refractivity contribution in [1.29, 1.82) is 0 Å². The molecule has 6 nitrogen and oxygen atoms in total. The summed E-state index contributed by atoms with van der Waals surface area (Å²) in [5.41, 5.74) is 0.847. The molecule has 0 aromatic heterocycles. The average molecular weight is 248 g/mol. The van der Waals surface area contributed by atoms with Crippen molar-refractivity contribution >= 4 is 16.4 Å². The molecule has 90 valence electrons. The van der Waals surface area contributed by atoms with E-state index in [0.717, 1.165) is 5.56 Å². The molecule has 0 bridgehead atoms. The van der Waals surface area contributed by atoms with Crippen molar-refractivity contribution in [1.82, 2.24) is 0 Å². The molecule has 0 aliphatic rings. The van der Waals surface area contributed by atoms with Crippen LogP contribution in [-0.2, 0) is 15.2 Å². The standard InChI is InChI=1S/C9H10O2.H2O4S/c1-7(9(10)11)8-5-3-2-4-6-8;1-5(2,3)4/h2-7H,1H3,(H,10,11);(H2,1,2,3,4). The highest BCUT2D eigenvalue weighted by Gasteiger charge is 2.11. The predicted molar refractivity (Wildman–Crippen MR) is 56.7 cm³/mol. The van der Waals surface area contributed by atoms with Crippen LogP contribution in [0, 0.1) is 0 Å². The molecule has 1 rings (SSSR count). The smallest absolute Gasteiger partial charge is 0.394 e. The summed E-state index contributed by atoms with van der Waals surface area (Å²) < 4.78 is 31.6. The lowest BCUT2D eigenvalue weighted by atomic mass is 10.0. The Morgan fingerprint density at radius 1 is 1.19 bits per heavy atom.